The number of halogens is 1. The average Bonchev–Trinajstić information content (AvgIpc) is 2.32. The Morgan fingerprint density at radius 3 is 2.61 bits per heavy atom. The summed E-state index contributed by atoms with van der Waals surface area (Å²) in [6, 6.07) is 8.54. The summed E-state index contributed by atoms with van der Waals surface area (Å²) >= 11 is 6.18. The quantitative estimate of drug-likeness (QED) is 0.816. The van der Waals surface area contributed by atoms with Gasteiger partial charge in [0.05, 0.1) is 5.02 Å². The number of ether oxygens (including phenoxy) is 1. The minimum atomic E-state index is 0.226. The summed E-state index contributed by atoms with van der Waals surface area (Å²) in [5.41, 5.74) is 0. The van der Waals surface area contributed by atoms with Gasteiger partial charge in [0, 0.05) is 12.6 Å². The van der Waals surface area contributed by atoms with Gasteiger partial charge >= 0.3 is 0 Å². The van der Waals surface area contributed by atoms with Crippen LogP contribution in [-0.4, -0.2) is 23.7 Å². The minimum absolute atomic E-state index is 0.226. The number of hydrogen-bond acceptors (Lipinski definition) is 2. The van der Waals surface area contributed by atoms with Gasteiger partial charge in [0.25, 0.3) is 0 Å². The van der Waals surface area contributed by atoms with Crippen molar-refractivity contribution in [2.75, 3.05) is 6.54 Å². The maximum absolute atomic E-state index is 6.18. The van der Waals surface area contributed by atoms with E-state index < -0.39 is 0 Å². The molecule has 2 aliphatic rings. The Balaban J connectivity index is 1.71. The summed E-state index contributed by atoms with van der Waals surface area (Å²) in [4.78, 5) is 2.55. The first-order valence-corrected chi connectivity index (χ1v) is 7.39. The third-order valence-corrected chi connectivity index (χ3v) is 4.44. The second-order valence-electron chi connectivity index (χ2n) is 5.32. The molecule has 2 nitrogen and oxygen atoms in total. The molecule has 1 aromatic rings. The van der Waals surface area contributed by atoms with Crippen molar-refractivity contribution in [1.29, 1.82) is 0 Å². The fourth-order valence-electron chi connectivity index (χ4n) is 2.87. The first-order chi connectivity index (χ1) is 8.84. The van der Waals surface area contributed by atoms with Crippen LogP contribution in [0.15, 0.2) is 24.3 Å². The third kappa shape index (κ3) is 2.50. The zero-order valence-corrected chi connectivity index (χ0v) is 11.4. The summed E-state index contributed by atoms with van der Waals surface area (Å²) in [7, 11) is 0. The Morgan fingerprint density at radius 1 is 1.06 bits per heavy atom. The maximum atomic E-state index is 6.18. The van der Waals surface area contributed by atoms with Gasteiger partial charge in [0.15, 0.2) is 6.23 Å². The highest BCUT2D eigenvalue weighted by molar-refractivity contribution is 6.32. The standard InChI is InChI=1S/C15H20ClNO/c16-13-8-1-2-9-14(13)18-15-10-3-4-11-17(15)12-6-5-7-12/h1-2,8-9,12,15H,3-7,10-11H2. The van der Waals surface area contributed by atoms with E-state index in [4.69, 9.17) is 16.3 Å². The molecule has 1 heterocycles. The van der Waals surface area contributed by atoms with E-state index in [1.165, 1.54) is 38.6 Å². The number of hydrogen-bond donors (Lipinski definition) is 0. The van der Waals surface area contributed by atoms with Gasteiger partial charge in [-0.3, -0.25) is 4.90 Å². The van der Waals surface area contributed by atoms with E-state index in [0.29, 0.717) is 0 Å². The summed E-state index contributed by atoms with van der Waals surface area (Å²) in [5.74, 6) is 0.829. The highest BCUT2D eigenvalue weighted by Crippen LogP contribution is 2.33. The SMILES string of the molecule is Clc1ccccc1OC1CCCCN1C1CCC1. The maximum Gasteiger partial charge on any atom is 0.152 e. The van der Waals surface area contributed by atoms with Crippen molar-refractivity contribution in [3.63, 3.8) is 0 Å². The second kappa shape index (κ2) is 5.50. The molecule has 0 N–H and O–H groups in total. The van der Waals surface area contributed by atoms with Crippen LogP contribution in [0, 0.1) is 0 Å². The lowest BCUT2D eigenvalue weighted by molar-refractivity contribution is -0.0523. The Labute approximate surface area is 114 Å². The molecule has 1 aromatic carbocycles. The Hall–Kier alpha value is -0.730. The second-order valence-corrected chi connectivity index (χ2v) is 5.73. The lowest BCUT2D eigenvalue weighted by Gasteiger charge is -2.44. The van der Waals surface area contributed by atoms with Crippen LogP contribution in [0.4, 0.5) is 0 Å². The normalized spacial score (nSPS) is 25.7. The van der Waals surface area contributed by atoms with Gasteiger partial charge in [-0.25, -0.2) is 0 Å². The topological polar surface area (TPSA) is 12.5 Å². The largest absolute Gasteiger partial charge is 0.474 e. The van der Waals surface area contributed by atoms with Crippen molar-refractivity contribution in [2.45, 2.75) is 50.8 Å². The van der Waals surface area contributed by atoms with E-state index in [0.717, 1.165) is 23.2 Å². The smallest absolute Gasteiger partial charge is 0.152 e. The molecule has 0 bridgehead atoms. The molecule has 18 heavy (non-hydrogen) atoms. The van der Waals surface area contributed by atoms with Crippen LogP contribution in [0.1, 0.15) is 38.5 Å². The van der Waals surface area contributed by atoms with Gasteiger partial charge in [-0.1, -0.05) is 30.2 Å². The van der Waals surface area contributed by atoms with E-state index in [2.05, 4.69) is 4.90 Å². The number of likely N-dealkylation sites (tertiary alicyclic amines) is 1. The Morgan fingerprint density at radius 2 is 1.89 bits per heavy atom. The van der Waals surface area contributed by atoms with Crippen molar-refractivity contribution in [1.82, 2.24) is 4.90 Å². The van der Waals surface area contributed by atoms with E-state index in [-0.39, 0.29) is 6.23 Å². The zero-order chi connectivity index (χ0) is 12.4. The molecule has 1 aliphatic carbocycles. The Bertz CT molecular complexity index is 405. The van der Waals surface area contributed by atoms with Crippen molar-refractivity contribution >= 4 is 11.6 Å². The average molecular weight is 266 g/mol. The molecule has 3 rings (SSSR count). The molecule has 1 saturated carbocycles. The molecule has 2 fully saturated rings. The third-order valence-electron chi connectivity index (χ3n) is 4.13. The van der Waals surface area contributed by atoms with Crippen LogP contribution < -0.4 is 4.74 Å². The fraction of sp³-hybridized carbons (Fsp3) is 0.600. The number of rotatable bonds is 3. The first-order valence-electron chi connectivity index (χ1n) is 7.01. The summed E-state index contributed by atoms with van der Waals surface area (Å²) in [5, 5.41) is 0.719. The van der Waals surface area contributed by atoms with Gasteiger partial charge in [-0.15, -0.1) is 0 Å². The molecule has 0 spiro atoms. The summed E-state index contributed by atoms with van der Waals surface area (Å²) < 4.78 is 6.15. The van der Waals surface area contributed by atoms with Crippen LogP contribution in [0.3, 0.4) is 0 Å². The van der Waals surface area contributed by atoms with Crippen LogP contribution >= 0.6 is 11.6 Å². The molecular weight excluding hydrogens is 246 g/mol. The van der Waals surface area contributed by atoms with Crippen LogP contribution in [0.25, 0.3) is 0 Å². The highest BCUT2D eigenvalue weighted by atomic mass is 35.5. The van der Waals surface area contributed by atoms with E-state index in [1.54, 1.807) is 0 Å². The van der Waals surface area contributed by atoms with Crippen LogP contribution in [0.5, 0.6) is 5.75 Å². The number of benzene rings is 1. The lowest BCUT2D eigenvalue weighted by atomic mass is 9.89. The van der Waals surface area contributed by atoms with Crippen molar-refractivity contribution in [3.8, 4) is 5.75 Å². The van der Waals surface area contributed by atoms with Gasteiger partial charge in [-0.2, -0.15) is 0 Å². The highest BCUT2D eigenvalue weighted by Gasteiger charge is 2.33. The van der Waals surface area contributed by atoms with Crippen molar-refractivity contribution in [3.05, 3.63) is 29.3 Å². The molecule has 0 radical (unpaired) electrons. The zero-order valence-electron chi connectivity index (χ0n) is 10.6. The number of para-hydroxylation sites is 1. The first kappa shape index (κ1) is 12.3. The molecule has 98 valence electrons. The molecule has 1 atom stereocenters. The van der Waals surface area contributed by atoms with E-state index >= 15 is 0 Å². The predicted octanol–water partition coefficient (Wildman–Crippen LogP) is 4.08. The molecular formula is C15H20ClNO. The molecule has 0 aromatic heterocycles. The van der Waals surface area contributed by atoms with Crippen LogP contribution in [0.2, 0.25) is 5.02 Å². The molecule has 1 aliphatic heterocycles. The summed E-state index contributed by atoms with van der Waals surface area (Å²) in [6.07, 6.45) is 7.97. The van der Waals surface area contributed by atoms with E-state index in [1.807, 2.05) is 24.3 Å². The van der Waals surface area contributed by atoms with Gasteiger partial charge in [-0.05, 0) is 44.2 Å². The van der Waals surface area contributed by atoms with Gasteiger partial charge in [0.1, 0.15) is 5.75 Å². The van der Waals surface area contributed by atoms with Crippen molar-refractivity contribution < 1.29 is 4.74 Å². The van der Waals surface area contributed by atoms with Crippen LogP contribution in [-0.2, 0) is 0 Å². The fourth-order valence-corrected chi connectivity index (χ4v) is 3.05. The van der Waals surface area contributed by atoms with Gasteiger partial charge < -0.3 is 4.74 Å². The van der Waals surface area contributed by atoms with Gasteiger partial charge in [0.2, 0.25) is 0 Å². The predicted molar refractivity (Wildman–Crippen MR) is 74.1 cm³/mol. The number of piperidine rings is 1. The van der Waals surface area contributed by atoms with E-state index in [9.17, 15) is 0 Å². The molecule has 0 amide bonds. The Kier molecular flexibility index (Phi) is 3.76. The molecule has 3 heteroatoms. The number of nitrogens with zero attached hydrogens (tertiary/aromatic N) is 1. The van der Waals surface area contributed by atoms with Crippen molar-refractivity contribution in [2.24, 2.45) is 0 Å². The molecule has 1 unspecified atom stereocenters. The minimum Gasteiger partial charge on any atom is -0.474 e. The molecule has 1 saturated heterocycles. The monoisotopic (exact) mass is 265 g/mol. The lowest BCUT2D eigenvalue weighted by Crippen LogP contribution is -2.51. The summed E-state index contributed by atoms with van der Waals surface area (Å²) in [6.45, 7) is 1.18.